The van der Waals surface area contributed by atoms with E-state index in [0.717, 1.165) is 10.4 Å². The van der Waals surface area contributed by atoms with Gasteiger partial charge in [0.1, 0.15) is 27.1 Å². The van der Waals surface area contributed by atoms with Crippen molar-refractivity contribution in [3.05, 3.63) is 36.6 Å². The van der Waals surface area contributed by atoms with Crippen LogP contribution in [-0.4, -0.2) is 40.3 Å². The van der Waals surface area contributed by atoms with Crippen molar-refractivity contribution < 1.29 is 24.5 Å². The lowest BCUT2D eigenvalue weighted by Gasteiger charge is -2.28. The Morgan fingerprint density at radius 3 is 2.83 bits per heavy atom. The van der Waals surface area contributed by atoms with Crippen molar-refractivity contribution in [1.82, 2.24) is 10.2 Å². The fraction of sp³-hybridized carbons (Fsp3) is 0.333. The Morgan fingerprint density at radius 1 is 1.34 bits per heavy atom. The number of hydrogen-bond acceptors (Lipinski definition) is 7. The molecule has 1 aromatic carbocycles. The van der Waals surface area contributed by atoms with Gasteiger partial charge in [-0.2, -0.15) is 0 Å². The zero-order valence-corrected chi connectivity index (χ0v) is 19.2. The van der Waals surface area contributed by atoms with Crippen molar-refractivity contribution in [1.29, 1.82) is 0 Å². The van der Waals surface area contributed by atoms with Gasteiger partial charge < -0.3 is 30.5 Å². The number of phenols is 2. The van der Waals surface area contributed by atoms with Crippen LogP contribution in [0.5, 0.6) is 11.5 Å². The molecule has 4 N–H and O–H groups in total. The SMILES string of the molecule is CCOC(=O)N1CCc2c(sc3c2C(=O)N[C@H](c2cc(Br)c(O)c(Br)c2O)N3)C1. The van der Waals surface area contributed by atoms with Crippen molar-refractivity contribution >= 4 is 60.2 Å². The minimum atomic E-state index is -0.676. The van der Waals surface area contributed by atoms with E-state index < -0.39 is 6.17 Å². The number of carbonyl (C=O) groups excluding carboxylic acids is 2. The molecule has 4 rings (SSSR count). The summed E-state index contributed by atoms with van der Waals surface area (Å²) in [6.07, 6.45) is -0.464. The van der Waals surface area contributed by atoms with E-state index in [9.17, 15) is 19.8 Å². The fourth-order valence-corrected chi connectivity index (χ4v) is 5.92. The zero-order chi connectivity index (χ0) is 20.9. The van der Waals surface area contributed by atoms with Crippen LogP contribution in [0.15, 0.2) is 15.0 Å². The molecule has 0 saturated heterocycles. The zero-order valence-electron chi connectivity index (χ0n) is 15.2. The molecule has 0 unspecified atom stereocenters. The van der Waals surface area contributed by atoms with Gasteiger partial charge in [0.05, 0.1) is 23.2 Å². The standard InChI is InChI=1S/C18H17Br2N3O5S/c1-2-28-18(27)23-4-3-7-10(6-23)29-17-11(7)16(26)21-15(22-17)8-5-9(19)14(25)12(20)13(8)24/h5,15,22,24-25H,2-4,6H2,1H3,(H,21,26)/t15-/m0/s1. The van der Waals surface area contributed by atoms with Gasteiger partial charge in [-0.15, -0.1) is 11.3 Å². The van der Waals surface area contributed by atoms with Gasteiger partial charge in [0.15, 0.2) is 0 Å². The maximum absolute atomic E-state index is 12.9. The van der Waals surface area contributed by atoms with E-state index >= 15 is 0 Å². The molecule has 2 aromatic rings. The number of halogens is 2. The number of benzene rings is 1. The Kier molecular flexibility index (Phi) is 5.38. The predicted molar refractivity (Wildman–Crippen MR) is 114 cm³/mol. The topological polar surface area (TPSA) is 111 Å². The number of rotatable bonds is 2. The second kappa shape index (κ2) is 7.69. The lowest BCUT2D eigenvalue weighted by atomic mass is 10.0. The number of nitrogens with one attached hydrogen (secondary N) is 2. The first kappa shape index (κ1) is 20.3. The minimum Gasteiger partial charge on any atom is -0.506 e. The maximum atomic E-state index is 12.9. The third-order valence-electron chi connectivity index (χ3n) is 4.87. The van der Waals surface area contributed by atoms with E-state index in [1.54, 1.807) is 17.9 Å². The molecule has 0 radical (unpaired) electrons. The van der Waals surface area contributed by atoms with Crippen molar-refractivity contribution in [3.63, 3.8) is 0 Å². The van der Waals surface area contributed by atoms with Gasteiger partial charge in [0.2, 0.25) is 0 Å². The van der Waals surface area contributed by atoms with Crippen LogP contribution in [-0.2, 0) is 17.7 Å². The number of ether oxygens (including phenoxy) is 1. The number of fused-ring (bicyclic) bond motifs is 3. The molecule has 29 heavy (non-hydrogen) atoms. The van der Waals surface area contributed by atoms with Crippen molar-refractivity contribution in [2.75, 3.05) is 18.5 Å². The van der Waals surface area contributed by atoms with E-state index in [1.165, 1.54) is 11.3 Å². The maximum Gasteiger partial charge on any atom is 0.410 e. The van der Waals surface area contributed by atoms with Crippen LogP contribution in [0, 0.1) is 0 Å². The van der Waals surface area contributed by atoms with Gasteiger partial charge in [-0.3, -0.25) is 4.79 Å². The summed E-state index contributed by atoms with van der Waals surface area (Å²) in [6.45, 7) is 2.97. The first-order valence-electron chi connectivity index (χ1n) is 8.85. The molecule has 0 aliphatic carbocycles. The van der Waals surface area contributed by atoms with E-state index in [1.807, 2.05) is 0 Å². The Bertz CT molecular complexity index is 1030. The van der Waals surface area contributed by atoms with Crippen LogP contribution in [0.4, 0.5) is 9.80 Å². The molecule has 2 aliphatic heterocycles. The summed E-state index contributed by atoms with van der Waals surface area (Å²) in [6, 6.07) is 1.55. The Balaban J connectivity index is 1.65. The molecule has 3 heterocycles. The molecule has 8 nitrogen and oxygen atoms in total. The minimum absolute atomic E-state index is 0.125. The van der Waals surface area contributed by atoms with Gasteiger partial charge in [0.25, 0.3) is 5.91 Å². The van der Waals surface area contributed by atoms with E-state index in [4.69, 9.17) is 4.74 Å². The van der Waals surface area contributed by atoms with Crippen molar-refractivity contribution in [2.45, 2.75) is 26.1 Å². The third-order valence-corrected chi connectivity index (χ3v) is 7.37. The summed E-state index contributed by atoms with van der Waals surface area (Å²) in [5.74, 6) is -0.535. The van der Waals surface area contributed by atoms with E-state index in [2.05, 4.69) is 42.5 Å². The van der Waals surface area contributed by atoms with E-state index in [-0.39, 0.29) is 28.0 Å². The summed E-state index contributed by atoms with van der Waals surface area (Å²) in [4.78, 5) is 27.5. The molecule has 0 saturated carbocycles. The summed E-state index contributed by atoms with van der Waals surface area (Å²) in [7, 11) is 0. The second-order valence-electron chi connectivity index (χ2n) is 6.59. The van der Waals surface area contributed by atoms with Crippen molar-refractivity contribution in [3.8, 4) is 11.5 Å². The van der Waals surface area contributed by atoms with Crippen LogP contribution in [0.1, 0.15) is 39.5 Å². The normalized spacial score (nSPS) is 17.8. The highest BCUT2D eigenvalue weighted by Crippen LogP contribution is 2.46. The van der Waals surface area contributed by atoms with Gasteiger partial charge in [-0.05, 0) is 56.8 Å². The molecular weight excluding hydrogens is 530 g/mol. The van der Waals surface area contributed by atoms with Crippen LogP contribution >= 0.6 is 43.2 Å². The molecule has 2 amide bonds. The van der Waals surface area contributed by atoms with Gasteiger partial charge in [0, 0.05) is 17.0 Å². The average molecular weight is 547 g/mol. The van der Waals surface area contributed by atoms with Crippen LogP contribution in [0.3, 0.4) is 0 Å². The first-order valence-corrected chi connectivity index (χ1v) is 11.3. The van der Waals surface area contributed by atoms with E-state index in [0.29, 0.717) is 46.7 Å². The smallest absolute Gasteiger partial charge is 0.410 e. The summed E-state index contributed by atoms with van der Waals surface area (Å²) in [5, 5.41) is 27.2. The average Bonchev–Trinajstić information content (AvgIpc) is 3.07. The monoisotopic (exact) mass is 545 g/mol. The first-order chi connectivity index (χ1) is 13.8. The van der Waals surface area contributed by atoms with Gasteiger partial charge in [-0.1, -0.05) is 0 Å². The fourth-order valence-electron chi connectivity index (χ4n) is 3.48. The Hall–Kier alpha value is -1.98. The van der Waals surface area contributed by atoms with Crippen molar-refractivity contribution in [2.24, 2.45) is 0 Å². The number of aromatic hydroxyl groups is 2. The molecule has 0 fully saturated rings. The summed E-state index contributed by atoms with van der Waals surface area (Å²) >= 11 is 7.82. The van der Waals surface area contributed by atoms with Gasteiger partial charge >= 0.3 is 6.09 Å². The third kappa shape index (κ3) is 3.44. The van der Waals surface area contributed by atoms with Crippen LogP contribution in [0.25, 0.3) is 0 Å². The Labute approximate surface area is 187 Å². The number of thiophene rings is 1. The summed E-state index contributed by atoms with van der Waals surface area (Å²) in [5.41, 5.74) is 1.92. The highest BCUT2D eigenvalue weighted by Gasteiger charge is 2.35. The number of nitrogens with zero attached hydrogens (tertiary/aromatic N) is 1. The highest BCUT2D eigenvalue weighted by molar-refractivity contribution is 9.11. The number of hydrogen-bond donors (Lipinski definition) is 4. The molecule has 2 aliphatic rings. The lowest BCUT2D eigenvalue weighted by Crippen LogP contribution is -2.39. The van der Waals surface area contributed by atoms with Crippen LogP contribution in [0.2, 0.25) is 0 Å². The molecule has 11 heteroatoms. The molecular formula is C18H17Br2N3O5S. The molecule has 0 bridgehead atoms. The summed E-state index contributed by atoms with van der Waals surface area (Å²) < 4.78 is 5.60. The largest absolute Gasteiger partial charge is 0.506 e. The number of anilines is 1. The quantitative estimate of drug-likeness (QED) is 0.452. The Morgan fingerprint density at radius 2 is 2.10 bits per heavy atom. The number of carbonyl (C=O) groups is 2. The van der Waals surface area contributed by atoms with Crippen LogP contribution < -0.4 is 10.6 Å². The highest BCUT2D eigenvalue weighted by atomic mass is 79.9. The molecule has 0 spiro atoms. The molecule has 154 valence electrons. The molecule has 1 aromatic heterocycles. The number of amides is 2. The number of phenolic OH excluding ortho intramolecular Hbond substituents is 2. The predicted octanol–water partition coefficient (Wildman–Crippen LogP) is 4.05. The molecule has 1 atom stereocenters. The lowest BCUT2D eigenvalue weighted by molar-refractivity contribution is 0.0934. The van der Waals surface area contributed by atoms with Gasteiger partial charge in [-0.25, -0.2) is 4.79 Å². The second-order valence-corrected chi connectivity index (χ2v) is 9.34.